The van der Waals surface area contributed by atoms with Crippen LogP contribution < -0.4 is 15.4 Å². The van der Waals surface area contributed by atoms with Crippen molar-refractivity contribution in [3.8, 4) is 5.75 Å². The van der Waals surface area contributed by atoms with Crippen molar-refractivity contribution in [2.24, 2.45) is 0 Å². The second-order valence-corrected chi connectivity index (χ2v) is 3.08. The van der Waals surface area contributed by atoms with E-state index in [9.17, 15) is 4.79 Å². The highest BCUT2D eigenvalue weighted by atomic mass is 16.5. The first-order valence-corrected chi connectivity index (χ1v) is 4.87. The molecule has 0 aliphatic heterocycles. The second kappa shape index (κ2) is 5.24. The maximum Gasteiger partial charge on any atom is 0.318 e. The molecule has 0 aliphatic rings. The SMILES string of the molecule is CCc1cc(NC(=O)NC)ccc1OC. The summed E-state index contributed by atoms with van der Waals surface area (Å²) < 4.78 is 5.19. The van der Waals surface area contributed by atoms with Crippen molar-refractivity contribution < 1.29 is 9.53 Å². The first-order chi connectivity index (χ1) is 7.21. The molecule has 0 heterocycles. The molecule has 4 heteroatoms. The van der Waals surface area contributed by atoms with E-state index in [4.69, 9.17) is 4.74 Å². The average molecular weight is 208 g/mol. The van der Waals surface area contributed by atoms with E-state index < -0.39 is 0 Å². The van der Waals surface area contributed by atoms with E-state index in [-0.39, 0.29) is 6.03 Å². The average Bonchev–Trinajstić information content (AvgIpc) is 2.28. The number of benzene rings is 1. The van der Waals surface area contributed by atoms with Crippen molar-refractivity contribution in [2.75, 3.05) is 19.5 Å². The number of amides is 2. The number of urea groups is 1. The fourth-order valence-corrected chi connectivity index (χ4v) is 1.33. The predicted molar refractivity (Wildman–Crippen MR) is 60.5 cm³/mol. The molecule has 82 valence electrons. The Hall–Kier alpha value is -1.71. The third-order valence-corrected chi connectivity index (χ3v) is 2.15. The Morgan fingerprint density at radius 2 is 2.20 bits per heavy atom. The predicted octanol–water partition coefficient (Wildman–Crippen LogP) is 2.01. The van der Waals surface area contributed by atoms with E-state index in [1.54, 1.807) is 14.2 Å². The Kier molecular flexibility index (Phi) is 3.97. The van der Waals surface area contributed by atoms with E-state index in [0.29, 0.717) is 0 Å². The lowest BCUT2D eigenvalue weighted by atomic mass is 10.1. The lowest BCUT2D eigenvalue weighted by Gasteiger charge is -2.09. The fourth-order valence-electron chi connectivity index (χ4n) is 1.33. The van der Waals surface area contributed by atoms with E-state index in [1.807, 2.05) is 25.1 Å². The topological polar surface area (TPSA) is 50.4 Å². The Morgan fingerprint density at radius 3 is 2.73 bits per heavy atom. The molecule has 0 saturated carbocycles. The van der Waals surface area contributed by atoms with E-state index in [0.717, 1.165) is 23.4 Å². The number of rotatable bonds is 3. The third-order valence-electron chi connectivity index (χ3n) is 2.15. The van der Waals surface area contributed by atoms with Gasteiger partial charge in [-0.3, -0.25) is 0 Å². The Labute approximate surface area is 89.6 Å². The van der Waals surface area contributed by atoms with Gasteiger partial charge in [-0.15, -0.1) is 0 Å². The van der Waals surface area contributed by atoms with E-state index in [2.05, 4.69) is 10.6 Å². The van der Waals surface area contributed by atoms with Crippen LogP contribution in [0.1, 0.15) is 12.5 Å². The zero-order valence-corrected chi connectivity index (χ0v) is 9.26. The number of ether oxygens (including phenoxy) is 1. The lowest BCUT2D eigenvalue weighted by Crippen LogP contribution is -2.24. The van der Waals surface area contributed by atoms with Gasteiger partial charge < -0.3 is 15.4 Å². The molecule has 0 atom stereocenters. The number of aryl methyl sites for hydroxylation is 1. The van der Waals surface area contributed by atoms with Crippen molar-refractivity contribution >= 4 is 11.7 Å². The highest BCUT2D eigenvalue weighted by molar-refractivity contribution is 5.89. The van der Waals surface area contributed by atoms with Crippen LogP contribution in [0.25, 0.3) is 0 Å². The van der Waals surface area contributed by atoms with Gasteiger partial charge >= 0.3 is 6.03 Å². The van der Waals surface area contributed by atoms with Gasteiger partial charge in [-0.1, -0.05) is 6.92 Å². The first-order valence-electron chi connectivity index (χ1n) is 4.87. The van der Waals surface area contributed by atoms with Gasteiger partial charge in [-0.25, -0.2) is 4.79 Å². The molecule has 0 unspecified atom stereocenters. The van der Waals surface area contributed by atoms with Crippen LogP contribution in [0.3, 0.4) is 0 Å². The molecule has 0 aromatic heterocycles. The molecule has 1 aromatic carbocycles. The quantitative estimate of drug-likeness (QED) is 0.798. The molecule has 1 rings (SSSR count). The summed E-state index contributed by atoms with van der Waals surface area (Å²) in [5.41, 5.74) is 1.85. The Morgan fingerprint density at radius 1 is 1.47 bits per heavy atom. The van der Waals surface area contributed by atoms with Crippen LogP contribution in [0.5, 0.6) is 5.75 Å². The van der Waals surface area contributed by atoms with Crippen molar-refractivity contribution in [2.45, 2.75) is 13.3 Å². The summed E-state index contributed by atoms with van der Waals surface area (Å²) in [6.07, 6.45) is 0.867. The maximum absolute atomic E-state index is 11.1. The van der Waals surface area contributed by atoms with Gasteiger partial charge in [0.25, 0.3) is 0 Å². The molecule has 0 spiro atoms. The molecule has 0 fully saturated rings. The minimum atomic E-state index is -0.220. The monoisotopic (exact) mass is 208 g/mol. The molecule has 2 amide bonds. The van der Waals surface area contributed by atoms with Gasteiger partial charge in [0.2, 0.25) is 0 Å². The molecule has 0 radical (unpaired) electrons. The van der Waals surface area contributed by atoms with Gasteiger partial charge in [0.15, 0.2) is 0 Å². The van der Waals surface area contributed by atoms with E-state index >= 15 is 0 Å². The van der Waals surface area contributed by atoms with E-state index in [1.165, 1.54) is 0 Å². The highest BCUT2D eigenvalue weighted by Crippen LogP contribution is 2.22. The molecular formula is C11H16N2O2. The number of hydrogen-bond acceptors (Lipinski definition) is 2. The standard InChI is InChI=1S/C11H16N2O2/c1-4-8-7-9(13-11(14)12-2)5-6-10(8)15-3/h5-7H,4H2,1-3H3,(H2,12,13,14). The van der Waals surface area contributed by atoms with Crippen molar-refractivity contribution in [3.05, 3.63) is 23.8 Å². The summed E-state index contributed by atoms with van der Waals surface area (Å²) >= 11 is 0. The summed E-state index contributed by atoms with van der Waals surface area (Å²) in [6.45, 7) is 2.04. The molecule has 15 heavy (non-hydrogen) atoms. The van der Waals surface area contributed by atoms with Crippen LogP contribution >= 0.6 is 0 Å². The first kappa shape index (κ1) is 11.4. The van der Waals surface area contributed by atoms with Crippen LogP contribution in [0, 0.1) is 0 Å². The lowest BCUT2D eigenvalue weighted by molar-refractivity contribution is 0.254. The van der Waals surface area contributed by atoms with Gasteiger partial charge in [0, 0.05) is 12.7 Å². The normalized spacial score (nSPS) is 9.53. The summed E-state index contributed by atoms with van der Waals surface area (Å²) in [4.78, 5) is 11.1. The zero-order chi connectivity index (χ0) is 11.3. The molecule has 4 nitrogen and oxygen atoms in total. The van der Waals surface area contributed by atoms with Gasteiger partial charge in [-0.05, 0) is 30.2 Å². The van der Waals surface area contributed by atoms with Crippen molar-refractivity contribution in [1.82, 2.24) is 5.32 Å². The van der Waals surface area contributed by atoms with Crippen LogP contribution in [-0.2, 0) is 6.42 Å². The molecule has 0 bridgehead atoms. The molecular weight excluding hydrogens is 192 g/mol. The second-order valence-electron chi connectivity index (χ2n) is 3.08. The summed E-state index contributed by atoms with van der Waals surface area (Å²) in [6, 6.07) is 5.35. The minimum Gasteiger partial charge on any atom is -0.496 e. The number of methoxy groups -OCH3 is 1. The number of nitrogens with one attached hydrogen (secondary N) is 2. The highest BCUT2D eigenvalue weighted by Gasteiger charge is 2.04. The van der Waals surface area contributed by atoms with Gasteiger partial charge in [-0.2, -0.15) is 0 Å². The van der Waals surface area contributed by atoms with Gasteiger partial charge in [0.1, 0.15) is 5.75 Å². The summed E-state index contributed by atoms with van der Waals surface area (Å²) in [5, 5.41) is 5.21. The number of hydrogen-bond donors (Lipinski definition) is 2. The van der Waals surface area contributed by atoms with Crippen LogP contribution in [0.15, 0.2) is 18.2 Å². The largest absolute Gasteiger partial charge is 0.496 e. The van der Waals surface area contributed by atoms with Crippen LogP contribution in [-0.4, -0.2) is 20.2 Å². The van der Waals surface area contributed by atoms with Gasteiger partial charge in [0.05, 0.1) is 7.11 Å². The summed E-state index contributed by atoms with van der Waals surface area (Å²) in [5.74, 6) is 0.847. The minimum absolute atomic E-state index is 0.220. The fraction of sp³-hybridized carbons (Fsp3) is 0.364. The van der Waals surface area contributed by atoms with Crippen LogP contribution in [0.4, 0.5) is 10.5 Å². The molecule has 0 aliphatic carbocycles. The molecule has 0 saturated heterocycles. The number of anilines is 1. The number of carbonyl (C=O) groups is 1. The Bertz CT molecular complexity index is 350. The summed E-state index contributed by atoms with van der Waals surface area (Å²) in [7, 11) is 3.22. The Balaban J connectivity index is 2.88. The molecule has 2 N–H and O–H groups in total. The molecule has 1 aromatic rings. The zero-order valence-electron chi connectivity index (χ0n) is 9.26. The number of carbonyl (C=O) groups excluding carboxylic acids is 1. The smallest absolute Gasteiger partial charge is 0.318 e. The van der Waals surface area contributed by atoms with Crippen molar-refractivity contribution in [3.63, 3.8) is 0 Å². The maximum atomic E-state index is 11.1. The van der Waals surface area contributed by atoms with Crippen LogP contribution in [0.2, 0.25) is 0 Å². The third kappa shape index (κ3) is 2.87. The van der Waals surface area contributed by atoms with Crippen molar-refractivity contribution in [1.29, 1.82) is 0 Å².